The van der Waals surface area contributed by atoms with Crippen molar-refractivity contribution in [2.24, 2.45) is 0 Å². The van der Waals surface area contributed by atoms with Crippen LogP contribution >= 0.6 is 11.6 Å². The van der Waals surface area contributed by atoms with Crippen LogP contribution in [0.2, 0.25) is 5.02 Å². The van der Waals surface area contributed by atoms with Crippen molar-refractivity contribution in [2.75, 3.05) is 38.7 Å². The Balaban J connectivity index is 1.82. The summed E-state index contributed by atoms with van der Waals surface area (Å²) in [5.41, 5.74) is 1.75. The van der Waals surface area contributed by atoms with Gasteiger partial charge in [0.2, 0.25) is 11.8 Å². The van der Waals surface area contributed by atoms with Crippen LogP contribution < -0.4 is 23.8 Å². The van der Waals surface area contributed by atoms with Gasteiger partial charge in [-0.05, 0) is 66.1 Å². The molecule has 49 heavy (non-hydrogen) atoms. The fourth-order valence-corrected chi connectivity index (χ4v) is 6.82. The minimum atomic E-state index is -4.37. The summed E-state index contributed by atoms with van der Waals surface area (Å²) in [4.78, 5) is 29.9. The van der Waals surface area contributed by atoms with Crippen molar-refractivity contribution in [1.82, 2.24) is 10.2 Å². The maximum absolute atomic E-state index is 14.7. The number of nitrogens with one attached hydrogen (secondary N) is 1. The number of amides is 2. The molecule has 4 aromatic carbocycles. The van der Waals surface area contributed by atoms with Crippen LogP contribution in [0.25, 0.3) is 0 Å². The lowest BCUT2D eigenvalue weighted by molar-refractivity contribution is -0.140. The molecule has 10 nitrogen and oxygen atoms in total. The monoisotopic (exact) mass is 707 g/mol. The van der Waals surface area contributed by atoms with E-state index in [1.165, 1.54) is 49.5 Å². The molecule has 0 bridgehead atoms. The molecule has 0 aromatic heterocycles. The van der Waals surface area contributed by atoms with Crippen molar-refractivity contribution >= 4 is 39.1 Å². The number of hydrogen-bond acceptors (Lipinski definition) is 7. The first-order valence-corrected chi connectivity index (χ1v) is 17.7. The molecular formula is C37H42ClN3O7S. The number of hydrogen-bond donors (Lipinski definition) is 1. The number of carbonyl (C=O) groups is 2. The largest absolute Gasteiger partial charge is 0.497 e. The summed E-state index contributed by atoms with van der Waals surface area (Å²) in [6.45, 7) is 1.86. The molecule has 0 aliphatic carbocycles. The summed E-state index contributed by atoms with van der Waals surface area (Å²) in [6.07, 6.45) is 1.85. The van der Waals surface area contributed by atoms with Gasteiger partial charge in [0.1, 0.15) is 18.3 Å². The third-order valence-corrected chi connectivity index (χ3v) is 9.95. The highest BCUT2D eigenvalue weighted by atomic mass is 35.5. The quantitative estimate of drug-likeness (QED) is 0.132. The average Bonchev–Trinajstić information content (AvgIpc) is 3.12. The summed E-state index contributed by atoms with van der Waals surface area (Å²) in [7, 11) is 0.0303. The van der Waals surface area contributed by atoms with Gasteiger partial charge in [-0.3, -0.25) is 13.9 Å². The van der Waals surface area contributed by atoms with E-state index in [0.717, 1.165) is 22.7 Å². The summed E-state index contributed by atoms with van der Waals surface area (Å²) >= 11 is 6.17. The molecule has 0 heterocycles. The number of rotatable bonds is 17. The molecule has 1 atom stereocenters. The Morgan fingerprint density at radius 2 is 1.51 bits per heavy atom. The second-order valence-electron chi connectivity index (χ2n) is 11.2. The third kappa shape index (κ3) is 9.67. The van der Waals surface area contributed by atoms with Crippen LogP contribution in [0.4, 0.5) is 5.69 Å². The van der Waals surface area contributed by atoms with Crippen LogP contribution in [-0.4, -0.2) is 65.6 Å². The van der Waals surface area contributed by atoms with Crippen LogP contribution in [0.15, 0.2) is 102 Å². The molecule has 0 saturated carbocycles. The fourth-order valence-electron chi connectivity index (χ4n) is 5.27. The van der Waals surface area contributed by atoms with E-state index in [1.807, 2.05) is 43.3 Å². The predicted molar refractivity (Wildman–Crippen MR) is 191 cm³/mol. The Morgan fingerprint density at radius 3 is 2.16 bits per heavy atom. The van der Waals surface area contributed by atoms with Gasteiger partial charge < -0.3 is 24.4 Å². The first-order valence-electron chi connectivity index (χ1n) is 15.9. The molecule has 1 N–H and O–H groups in total. The van der Waals surface area contributed by atoms with Gasteiger partial charge in [0.25, 0.3) is 10.0 Å². The predicted octanol–water partition coefficient (Wildman–Crippen LogP) is 6.12. The van der Waals surface area contributed by atoms with Gasteiger partial charge in [-0.25, -0.2) is 8.42 Å². The van der Waals surface area contributed by atoms with Crippen LogP contribution in [0, 0.1) is 0 Å². The summed E-state index contributed by atoms with van der Waals surface area (Å²) in [5.74, 6) is 0.202. The van der Waals surface area contributed by atoms with Crippen LogP contribution in [0.3, 0.4) is 0 Å². The Bertz CT molecular complexity index is 1800. The topological polar surface area (TPSA) is 114 Å². The van der Waals surface area contributed by atoms with E-state index in [2.05, 4.69) is 5.32 Å². The summed E-state index contributed by atoms with van der Waals surface area (Å²) < 4.78 is 45.9. The van der Waals surface area contributed by atoms with E-state index in [-0.39, 0.29) is 35.2 Å². The molecule has 260 valence electrons. The van der Waals surface area contributed by atoms with Crippen molar-refractivity contribution < 1.29 is 32.2 Å². The van der Waals surface area contributed by atoms with Crippen molar-refractivity contribution in [1.29, 1.82) is 0 Å². The second-order valence-corrected chi connectivity index (χ2v) is 13.5. The van der Waals surface area contributed by atoms with Crippen LogP contribution in [0.5, 0.6) is 17.2 Å². The molecule has 0 aliphatic rings. The first kappa shape index (κ1) is 37.1. The van der Waals surface area contributed by atoms with Crippen LogP contribution in [0.1, 0.15) is 30.9 Å². The van der Waals surface area contributed by atoms with Crippen molar-refractivity contribution in [3.8, 4) is 17.2 Å². The van der Waals surface area contributed by atoms with Crippen LogP contribution in [-0.2, 0) is 32.6 Å². The van der Waals surface area contributed by atoms with Gasteiger partial charge in [0.15, 0.2) is 11.5 Å². The summed E-state index contributed by atoms with van der Waals surface area (Å²) in [6, 6.07) is 26.0. The molecule has 2 amide bonds. The maximum Gasteiger partial charge on any atom is 0.264 e. The standard InChI is InChI=1S/C37H42ClN3O7S/c1-5-6-21-39-37(43)33(23-27-11-8-7-9-12-27)40(25-28-13-10-14-31(22-28)46-2)36(42)26-41(30-17-15-29(38)16-18-30)49(44,45)32-19-20-34(47-3)35(24-32)48-4/h7-20,22,24,33H,5-6,21,23,25-26H2,1-4H3,(H,39,43). The number of ether oxygens (including phenoxy) is 3. The van der Waals surface area contributed by atoms with Gasteiger partial charge in [-0.1, -0.05) is 67.4 Å². The maximum atomic E-state index is 14.7. The van der Waals surface area contributed by atoms with Gasteiger partial charge in [0.05, 0.1) is 31.9 Å². The highest BCUT2D eigenvalue weighted by Gasteiger charge is 2.35. The Kier molecular flexibility index (Phi) is 13.3. The second kappa shape index (κ2) is 17.6. The lowest BCUT2D eigenvalue weighted by Gasteiger charge is -2.34. The van der Waals surface area contributed by atoms with Crippen molar-refractivity contribution in [3.63, 3.8) is 0 Å². The number of carbonyl (C=O) groups excluding carboxylic acids is 2. The molecule has 0 aliphatic heterocycles. The van der Waals surface area contributed by atoms with Crippen molar-refractivity contribution in [3.05, 3.63) is 113 Å². The highest BCUT2D eigenvalue weighted by molar-refractivity contribution is 7.92. The van der Waals surface area contributed by atoms with E-state index in [0.29, 0.717) is 28.6 Å². The Morgan fingerprint density at radius 1 is 0.816 bits per heavy atom. The summed E-state index contributed by atoms with van der Waals surface area (Å²) in [5, 5.41) is 3.38. The number of benzene rings is 4. The number of methoxy groups -OCH3 is 3. The lowest BCUT2D eigenvalue weighted by Crippen LogP contribution is -2.53. The fraction of sp³-hybridized carbons (Fsp3) is 0.297. The molecule has 0 fully saturated rings. The zero-order valence-electron chi connectivity index (χ0n) is 28.1. The smallest absolute Gasteiger partial charge is 0.264 e. The number of unbranched alkanes of at least 4 members (excludes halogenated alkanes) is 1. The highest BCUT2D eigenvalue weighted by Crippen LogP contribution is 2.33. The van der Waals surface area contributed by atoms with Gasteiger partial charge in [-0.15, -0.1) is 0 Å². The van der Waals surface area contributed by atoms with Crippen molar-refractivity contribution in [2.45, 2.75) is 43.7 Å². The minimum absolute atomic E-state index is 0.0135. The molecule has 0 spiro atoms. The molecule has 12 heteroatoms. The molecule has 0 radical (unpaired) electrons. The molecule has 4 aromatic rings. The van der Waals surface area contributed by atoms with Gasteiger partial charge >= 0.3 is 0 Å². The SMILES string of the molecule is CCCCNC(=O)C(Cc1ccccc1)N(Cc1cccc(OC)c1)C(=O)CN(c1ccc(Cl)cc1)S(=O)(=O)c1ccc(OC)c(OC)c1. The molecule has 0 saturated heterocycles. The normalized spacial score (nSPS) is 11.7. The average molecular weight is 708 g/mol. The van der Waals surface area contributed by atoms with E-state index in [1.54, 1.807) is 37.4 Å². The first-order chi connectivity index (χ1) is 23.6. The Hall–Kier alpha value is -4.74. The molecule has 4 rings (SSSR count). The molecule has 1 unspecified atom stereocenters. The number of nitrogens with zero attached hydrogens (tertiary/aromatic N) is 2. The zero-order chi connectivity index (χ0) is 35.4. The zero-order valence-corrected chi connectivity index (χ0v) is 29.7. The van der Waals surface area contributed by atoms with E-state index in [9.17, 15) is 18.0 Å². The number of sulfonamides is 1. The minimum Gasteiger partial charge on any atom is -0.497 e. The van der Waals surface area contributed by atoms with E-state index < -0.39 is 28.5 Å². The van der Waals surface area contributed by atoms with Gasteiger partial charge in [-0.2, -0.15) is 0 Å². The molecular weight excluding hydrogens is 666 g/mol. The third-order valence-electron chi connectivity index (χ3n) is 7.92. The lowest BCUT2D eigenvalue weighted by atomic mass is 10.0. The van der Waals surface area contributed by atoms with E-state index >= 15 is 0 Å². The number of anilines is 1. The Labute approximate surface area is 293 Å². The number of halogens is 1. The van der Waals surface area contributed by atoms with E-state index in [4.69, 9.17) is 25.8 Å². The van der Waals surface area contributed by atoms with Gasteiger partial charge in [0, 0.05) is 30.6 Å².